The Morgan fingerprint density at radius 3 is 2.45 bits per heavy atom. The number of nitrogens with two attached hydrogens (primary N) is 1. The van der Waals surface area contributed by atoms with E-state index >= 15 is 0 Å². The van der Waals surface area contributed by atoms with E-state index in [1.165, 1.54) is 6.07 Å². The summed E-state index contributed by atoms with van der Waals surface area (Å²) in [4.78, 5) is 44.7. The maximum atomic E-state index is 13.4. The third-order valence-electron chi connectivity index (χ3n) is 8.54. The van der Waals surface area contributed by atoms with E-state index in [0.717, 1.165) is 35.7 Å². The molecule has 6 rings (SSSR count). The largest absolute Gasteiger partial charge is 0.433 e. The van der Waals surface area contributed by atoms with E-state index in [-0.39, 0.29) is 30.1 Å². The van der Waals surface area contributed by atoms with E-state index in [9.17, 15) is 22.8 Å². The van der Waals surface area contributed by atoms with Gasteiger partial charge in [-0.05, 0) is 69.9 Å². The minimum Gasteiger partial charge on any atom is -0.369 e. The summed E-state index contributed by atoms with van der Waals surface area (Å²) >= 11 is 6.71. The number of amides is 2. The molecule has 1 spiro atoms. The van der Waals surface area contributed by atoms with Crippen LogP contribution in [0.4, 0.5) is 18.9 Å². The van der Waals surface area contributed by atoms with Crippen LogP contribution in [0.25, 0.3) is 11.1 Å². The van der Waals surface area contributed by atoms with Gasteiger partial charge in [0.15, 0.2) is 0 Å². The summed E-state index contributed by atoms with van der Waals surface area (Å²) in [5.41, 5.74) is 8.02. The number of rotatable bonds is 6. The highest BCUT2D eigenvalue weighted by Crippen LogP contribution is 2.44. The molecule has 4 heterocycles. The average molecular weight is 626 g/mol. The molecular formula is C31H31ClF3N7O2. The number of alkyl halides is 3. The standard InChI is InChI=1S/C31H31ClF3N7O2/c1-15-14-30(29(44)40-28(41-30)20-7-9-23(31(33,34)35)39-27(20)18-4-5-18)10-11-42(15)22-12-19(6-8-21(22)32)26-16(2)37-25(13-24(36)43)38-17(26)3/h6-9,12,15,18H,4-5,10-11,13-14H2,1-3H3,(H2,36,43)(H,40,41,44)/t15-,30+/m0/s1. The third kappa shape index (κ3) is 5.51. The number of nitrogens with one attached hydrogen (secondary N) is 1. The molecule has 2 aromatic heterocycles. The van der Waals surface area contributed by atoms with E-state index in [1.54, 1.807) is 0 Å². The number of benzene rings is 1. The number of pyridine rings is 1. The van der Waals surface area contributed by atoms with Gasteiger partial charge in [-0.15, -0.1) is 0 Å². The number of piperidine rings is 1. The highest BCUT2D eigenvalue weighted by molar-refractivity contribution is 6.33. The van der Waals surface area contributed by atoms with E-state index in [1.807, 2.05) is 39.0 Å². The lowest BCUT2D eigenvalue weighted by atomic mass is 9.83. The fourth-order valence-corrected chi connectivity index (χ4v) is 6.59. The van der Waals surface area contributed by atoms with Crippen molar-refractivity contribution in [1.29, 1.82) is 0 Å². The number of carbonyl (C=O) groups excluding carboxylic acids is 2. The average Bonchev–Trinajstić information content (AvgIpc) is 3.73. The van der Waals surface area contributed by atoms with Gasteiger partial charge < -0.3 is 16.0 Å². The third-order valence-corrected chi connectivity index (χ3v) is 8.86. The number of hydrogen-bond acceptors (Lipinski definition) is 7. The van der Waals surface area contributed by atoms with Crippen molar-refractivity contribution < 1.29 is 22.8 Å². The molecule has 3 aliphatic rings. The molecule has 1 aromatic carbocycles. The van der Waals surface area contributed by atoms with E-state index < -0.39 is 23.3 Å². The van der Waals surface area contributed by atoms with Crippen molar-refractivity contribution in [1.82, 2.24) is 20.3 Å². The van der Waals surface area contributed by atoms with Crippen LogP contribution in [-0.4, -0.2) is 50.7 Å². The van der Waals surface area contributed by atoms with Crippen LogP contribution in [0.5, 0.6) is 0 Å². The molecule has 2 fully saturated rings. The smallest absolute Gasteiger partial charge is 0.369 e. The van der Waals surface area contributed by atoms with Crippen molar-refractivity contribution in [2.75, 3.05) is 11.4 Å². The second-order valence-corrected chi connectivity index (χ2v) is 12.2. The molecule has 2 amide bonds. The first kappa shape index (κ1) is 30.0. The van der Waals surface area contributed by atoms with Crippen molar-refractivity contribution in [3.8, 4) is 11.1 Å². The molecule has 1 aliphatic carbocycles. The molecule has 2 aliphatic heterocycles. The van der Waals surface area contributed by atoms with Crippen LogP contribution >= 0.6 is 11.6 Å². The van der Waals surface area contributed by atoms with Gasteiger partial charge in [-0.3, -0.25) is 14.6 Å². The maximum Gasteiger partial charge on any atom is 0.433 e. The van der Waals surface area contributed by atoms with Crippen LogP contribution in [0.3, 0.4) is 0 Å². The molecule has 0 bridgehead atoms. The Hall–Kier alpha value is -4.06. The van der Waals surface area contributed by atoms with Gasteiger partial charge in [-0.2, -0.15) is 13.2 Å². The number of primary amides is 1. The molecule has 3 aromatic rings. The molecule has 230 valence electrons. The highest BCUT2D eigenvalue weighted by Gasteiger charge is 2.49. The number of carbonyl (C=O) groups is 2. The van der Waals surface area contributed by atoms with Gasteiger partial charge in [0.2, 0.25) is 5.91 Å². The van der Waals surface area contributed by atoms with Crippen molar-refractivity contribution >= 4 is 34.9 Å². The van der Waals surface area contributed by atoms with Gasteiger partial charge in [0.25, 0.3) is 5.91 Å². The van der Waals surface area contributed by atoms with E-state index in [0.29, 0.717) is 52.9 Å². The molecule has 1 saturated carbocycles. The summed E-state index contributed by atoms with van der Waals surface area (Å²) in [7, 11) is 0. The van der Waals surface area contributed by atoms with Gasteiger partial charge in [0.05, 0.1) is 22.8 Å². The lowest BCUT2D eigenvalue weighted by Gasteiger charge is -2.42. The van der Waals surface area contributed by atoms with Gasteiger partial charge in [0.1, 0.15) is 22.9 Å². The molecule has 0 radical (unpaired) electrons. The van der Waals surface area contributed by atoms with Crippen LogP contribution in [0, 0.1) is 13.8 Å². The van der Waals surface area contributed by atoms with Crippen molar-refractivity contribution in [3.63, 3.8) is 0 Å². The molecule has 9 nitrogen and oxygen atoms in total. The zero-order valence-corrected chi connectivity index (χ0v) is 25.2. The topological polar surface area (TPSA) is 126 Å². The Kier molecular flexibility index (Phi) is 7.38. The molecule has 1 saturated heterocycles. The van der Waals surface area contributed by atoms with E-state index in [4.69, 9.17) is 22.3 Å². The number of aromatic nitrogens is 3. The number of halogens is 4. The Morgan fingerprint density at radius 1 is 1.14 bits per heavy atom. The molecule has 13 heteroatoms. The van der Waals surface area contributed by atoms with Gasteiger partial charge >= 0.3 is 6.18 Å². The lowest BCUT2D eigenvalue weighted by Crippen LogP contribution is -2.53. The monoisotopic (exact) mass is 625 g/mol. The predicted octanol–water partition coefficient (Wildman–Crippen LogP) is 5.04. The maximum absolute atomic E-state index is 13.4. The first-order chi connectivity index (χ1) is 20.8. The first-order valence-electron chi connectivity index (χ1n) is 14.4. The van der Waals surface area contributed by atoms with Gasteiger partial charge in [0, 0.05) is 47.4 Å². The predicted molar refractivity (Wildman–Crippen MR) is 160 cm³/mol. The second kappa shape index (κ2) is 10.8. The molecular weight excluding hydrogens is 595 g/mol. The number of amidine groups is 1. The zero-order valence-electron chi connectivity index (χ0n) is 24.4. The Bertz CT molecular complexity index is 1700. The fourth-order valence-electron chi connectivity index (χ4n) is 6.36. The molecule has 44 heavy (non-hydrogen) atoms. The number of aryl methyl sites for hydroxylation is 2. The fraction of sp³-hybridized carbons (Fsp3) is 0.419. The molecule has 2 atom stereocenters. The van der Waals surface area contributed by atoms with Crippen molar-refractivity contribution in [2.24, 2.45) is 10.7 Å². The summed E-state index contributed by atoms with van der Waals surface area (Å²) in [5, 5.41) is 3.40. The van der Waals surface area contributed by atoms with Crippen LogP contribution in [0.15, 0.2) is 35.3 Å². The summed E-state index contributed by atoms with van der Waals surface area (Å²) in [6.45, 7) is 6.18. The number of aliphatic imine (C=N–C) groups is 1. The zero-order chi connectivity index (χ0) is 31.6. The normalized spacial score (nSPS) is 21.9. The SMILES string of the molecule is Cc1nc(CC(N)=O)nc(C)c1-c1ccc(Cl)c(N2CC[C@]3(C[C@@H]2C)N=C(c2ccc(C(F)(F)F)nc2C2CC2)NC3=O)c1. The lowest BCUT2D eigenvalue weighted by molar-refractivity contribution is -0.141. The van der Waals surface area contributed by atoms with Gasteiger partial charge in [-0.1, -0.05) is 17.7 Å². The summed E-state index contributed by atoms with van der Waals surface area (Å²) < 4.78 is 40.1. The van der Waals surface area contributed by atoms with E-state index in [2.05, 4.69) is 25.2 Å². The number of hydrogen-bond donors (Lipinski definition) is 2. The van der Waals surface area contributed by atoms with Crippen LogP contribution in [-0.2, 0) is 22.2 Å². The van der Waals surface area contributed by atoms with Gasteiger partial charge in [-0.25, -0.2) is 15.0 Å². The summed E-state index contributed by atoms with van der Waals surface area (Å²) in [6.07, 6.45) is -2.31. The number of anilines is 1. The van der Waals surface area contributed by atoms with Crippen LogP contribution in [0.2, 0.25) is 5.02 Å². The van der Waals surface area contributed by atoms with Crippen molar-refractivity contribution in [3.05, 3.63) is 69.5 Å². The Morgan fingerprint density at radius 2 is 1.84 bits per heavy atom. The summed E-state index contributed by atoms with van der Waals surface area (Å²) in [6, 6.07) is 7.86. The quantitative estimate of drug-likeness (QED) is 0.395. The first-order valence-corrected chi connectivity index (χ1v) is 14.8. The molecule has 3 N–H and O–H groups in total. The second-order valence-electron chi connectivity index (χ2n) is 11.8. The van der Waals surface area contributed by atoms with Crippen LogP contribution < -0.4 is 16.0 Å². The minimum absolute atomic E-state index is 0.0457. The number of nitrogens with zero attached hydrogens (tertiary/aromatic N) is 5. The minimum atomic E-state index is -4.55. The highest BCUT2D eigenvalue weighted by atomic mass is 35.5. The van der Waals surface area contributed by atoms with Crippen molar-refractivity contribution in [2.45, 2.75) is 76.6 Å². The Balaban J connectivity index is 1.28. The molecule has 0 unspecified atom stereocenters. The van der Waals surface area contributed by atoms with Crippen LogP contribution in [0.1, 0.15) is 72.7 Å². The Labute approximate surface area is 257 Å². The summed E-state index contributed by atoms with van der Waals surface area (Å²) in [5.74, 6) is -0.194.